The van der Waals surface area contributed by atoms with Crippen LogP contribution >= 0.6 is 0 Å². The summed E-state index contributed by atoms with van der Waals surface area (Å²) in [6.45, 7) is 5.01. The second kappa shape index (κ2) is 5.05. The lowest BCUT2D eigenvalue weighted by atomic mass is 9.77. The molecule has 0 bridgehead atoms. The summed E-state index contributed by atoms with van der Waals surface area (Å²) < 4.78 is 10.6. The Morgan fingerprint density at radius 3 is 2.32 bits per heavy atom. The number of hydrogen-bond acceptors (Lipinski definition) is 3. The SMILES string of the molecule is COc1c(C)cc(C2(/C=C/C(=O)O)COC2)cc1C. The maximum Gasteiger partial charge on any atom is 0.328 e. The Hall–Kier alpha value is -1.81. The largest absolute Gasteiger partial charge is 0.496 e. The Labute approximate surface area is 112 Å². The minimum Gasteiger partial charge on any atom is -0.496 e. The topological polar surface area (TPSA) is 55.8 Å². The van der Waals surface area contributed by atoms with E-state index in [2.05, 4.69) is 0 Å². The molecule has 1 heterocycles. The van der Waals surface area contributed by atoms with Crippen molar-refractivity contribution in [1.29, 1.82) is 0 Å². The number of aliphatic carboxylic acids is 1. The van der Waals surface area contributed by atoms with Gasteiger partial charge in [0.05, 0.1) is 25.7 Å². The highest BCUT2D eigenvalue weighted by atomic mass is 16.5. The Balaban J connectivity index is 2.42. The quantitative estimate of drug-likeness (QED) is 0.845. The van der Waals surface area contributed by atoms with Gasteiger partial charge in [0, 0.05) is 6.08 Å². The highest BCUT2D eigenvalue weighted by Gasteiger charge is 2.38. The van der Waals surface area contributed by atoms with E-state index in [0.717, 1.165) is 22.4 Å². The maximum absolute atomic E-state index is 10.7. The van der Waals surface area contributed by atoms with Crippen molar-refractivity contribution in [2.24, 2.45) is 0 Å². The third-order valence-corrected chi connectivity index (χ3v) is 3.50. The molecule has 0 unspecified atom stereocenters. The summed E-state index contributed by atoms with van der Waals surface area (Å²) in [5.74, 6) is -0.0606. The number of carboxylic acid groups (broad SMARTS) is 1. The summed E-state index contributed by atoms with van der Waals surface area (Å²) in [4.78, 5) is 10.7. The van der Waals surface area contributed by atoms with E-state index in [1.165, 1.54) is 6.08 Å². The van der Waals surface area contributed by atoms with Crippen molar-refractivity contribution in [2.45, 2.75) is 19.3 Å². The molecule has 4 nitrogen and oxygen atoms in total. The fourth-order valence-electron chi connectivity index (χ4n) is 2.47. The maximum atomic E-state index is 10.7. The average Bonchev–Trinajstić information content (AvgIpc) is 2.26. The van der Waals surface area contributed by atoms with Crippen LogP contribution in [0.1, 0.15) is 16.7 Å². The second-order valence-corrected chi connectivity index (χ2v) is 4.96. The minimum atomic E-state index is -0.937. The van der Waals surface area contributed by atoms with E-state index in [4.69, 9.17) is 14.6 Å². The zero-order valence-electron chi connectivity index (χ0n) is 11.4. The molecule has 0 radical (unpaired) electrons. The molecule has 0 atom stereocenters. The fraction of sp³-hybridized carbons (Fsp3) is 0.400. The summed E-state index contributed by atoms with van der Waals surface area (Å²) in [6, 6.07) is 4.08. The Morgan fingerprint density at radius 2 is 1.95 bits per heavy atom. The van der Waals surface area contributed by atoms with Crippen LogP contribution in [0, 0.1) is 13.8 Å². The third kappa shape index (κ3) is 2.49. The van der Waals surface area contributed by atoms with Gasteiger partial charge < -0.3 is 14.6 Å². The molecule has 2 rings (SSSR count). The van der Waals surface area contributed by atoms with Gasteiger partial charge in [-0.05, 0) is 30.5 Å². The van der Waals surface area contributed by atoms with Crippen molar-refractivity contribution < 1.29 is 19.4 Å². The zero-order chi connectivity index (χ0) is 14.0. The number of ether oxygens (including phenoxy) is 2. The highest BCUT2D eigenvalue weighted by Crippen LogP contribution is 2.37. The average molecular weight is 262 g/mol. The van der Waals surface area contributed by atoms with Gasteiger partial charge in [-0.1, -0.05) is 18.2 Å². The molecule has 1 N–H and O–H groups in total. The van der Waals surface area contributed by atoms with E-state index in [-0.39, 0.29) is 5.41 Å². The van der Waals surface area contributed by atoms with Crippen LogP contribution in [0.5, 0.6) is 5.75 Å². The van der Waals surface area contributed by atoms with Crippen LogP contribution < -0.4 is 4.74 Å². The van der Waals surface area contributed by atoms with Crippen LogP contribution in [0.15, 0.2) is 24.3 Å². The van der Waals surface area contributed by atoms with Crippen molar-refractivity contribution in [3.8, 4) is 5.75 Å². The lowest BCUT2D eigenvalue weighted by molar-refractivity contribution is -0.131. The molecule has 19 heavy (non-hydrogen) atoms. The number of rotatable bonds is 4. The summed E-state index contributed by atoms with van der Waals surface area (Å²) in [7, 11) is 1.65. The smallest absolute Gasteiger partial charge is 0.328 e. The molecule has 1 aromatic carbocycles. The summed E-state index contributed by atoms with van der Waals surface area (Å²) in [6.07, 6.45) is 2.91. The molecule has 1 aromatic rings. The lowest BCUT2D eigenvalue weighted by Gasteiger charge is -2.40. The molecule has 0 aromatic heterocycles. The predicted molar refractivity (Wildman–Crippen MR) is 71.7 cm³/mol. The summed E-state index contributed by atoms with van der Waals surface area (Å²) in [5, 5.41) is 8.79. The first-order chi connectivity index (χ1) is 8.98. The molecule has 102 valence electrons. The van der Waals surface area contributed by atoms with E-state index in [1.807, 2.05) is 26.0 Å². The number of aryl methyl sites for hydroxylation is 2. The number of carboxylic acids is 1. The van der Waals surface area contributed by atoms with Crippen molar-refractivity contribution in [2.75, 3.05) is 20.3 Å². The molecule has 1 aliphatic rings. The summed E-state index contributed by atoms with van der Waals surface area (Å²) >= 11 is 0. The molecule has 0 saturated carbocycles. The van der Waals surface area contributed by atoms with Crippen LogP contribution in [-0.2, 0) is 14.9 Å². The monoisotopic (exact) mass is 262 g/mol. The van der Waals surface area contributed by atoms with Gasteiger partial charge >= 0.3 is 5.97 Å². The number of hydrogen-bond donors (Lipinski definition) is 1. The van der Waals surface area contributed by atoms with Gasteiger partial charge in [-0.15, -0.1) is 0 Å². The van der Waals surface area contributed by atoms with Gasteiger partial charge in [-0.25, -0.2) is 4.79 Å². The van der Waals surface area contributed by atoms with Crippen LogP contribution in [-0.4, -0.2) is 31.4 Å². The van der Waals surface area contributed by atoms with E-state index >= 15 is 0 Å². The highest BCUT2D eigenvalue weighted by molar-refractivity contribution is 5.80. The van der Waals surface area contributed by atoms with Crippen molar-refractivity contribution in [1.82, 2.24) is 0 Å². The Kier molecular flexibility index (Phi) is 3.62. The second-order valence-electron chi connectivity index (χ2n) is 4.96. The molecule has 1 saturated heterocycles. The van der Waals surface area contributed by atoms with Crippen LogP contribution in [0.25, 0.3) is 0 Å². The van der Waals surface area contributed by atoms with Gasteiger partial charge in [-0.3, -0.25) is 0 Å². The van der Waals surface area contributed by atoms with Gasteiger partial charge in [0.25, 0.3) is 0 Å². The van der Waals surface area contributed by atoms with Crippen molar-refractivity contribution in [3.05, 3.63) is 41.0 Å². The molecule has 0 amide bonds. The van der Waals surface area contributed by atoms with Crippen LogP contribution in [0.3, 0.4) is 0 Å². The van der Waals surface area contributed by atoms with Crippen molar-refractivity contribution in [3.63, 3.8) is 0 Å². The van der Waals surface area contributed by atoms with Gasteiger partial charge in [-0.2, -0.15) is 0 Å². The Morgan fingerprint density at radius 1 is 1.37 bits per heavy atom. The molecule has 0 spiro atoms. The zero-order valence-corrected chi connectivity index (χ0v) is 11.4. The van der Waals surface area contributed by atoms with Crippen LogP contribution in [0.2, 0.25) is 0 Å². The molecule has 0 aliphatic carbocycles. The standard InChI is InChI=1S/C15H18O4/c1-10-6-12(7-11(2)14(10)18-3)15(8-19-9-15)5-4-13(16)17/h4-7H,8-9H2,1-3H3,(H,16,17)/b5-4+. The Bertz CT molecular complexity index is 504. The van der Waals surface area contributed by atoms with E-state index in [1.54, 1.807) is 13.2 Å². The molecular weight excluding hydrogens is 244 g/mol. The van der Waals surface area contributed by atoms with E-state index in [0.29, 0.717) is 13.2 Å². The molecule has 1 fully saturated rings. The normalized spacial score (nSPS) is 17.2. The molecular formula is C15H18O4. The molecule has 1 aliphatic heterocycles. The first-order valence-electron chi connectivity index (χ1n) is 6.14. The van der Waals surface area contributed by atoms with Gasteiger partial charge in [0.2, 0.25) is 0 Å². The lowest BCUT2D eigenvalue weighted by Crippen LogP contribution is -2.45. The van der Waals surface area contributed by atoms with Crippen LogP contribution in [0.4, 0.5) is 0 Å². The first kappa shape index (κ1) is 13.6. The fourth-order valence-corrected chi connectivity index (χ4v) is 2.47. The predicted octanol–water partition coefficient (Wildman–Crippen LogP) is 2.22. The first-order valence-corrected chi connectivity index (χ1v) is 6.14. The minimum absolute atomic E-state index is 0.319. The van der Waals surface area contributed by atoms with E-state index < -0.39 is 5.97 Å². The number of benzene rings is 1. The van der Waals surface area contributed by atoms with Crippen molar-refractivity contribution >= 4 is 5.97 Å². The van der Waals surface area contributed by atoms with E-state index in [9.17, 15) is 4.79 Å². The number of methoxy groups -OCH3 is 1. The van der Waals surface area contributed by atoms with Gasteiger partial charge in [0.15, 0.2) is 0 Å². The third-order valence-electron chi connectivity index (χ3n) is 3.50. The summed E-state index contributed by atoms with van der Waals surface area (Å²) in [5.41, 5.74) is 2.85. The molecule has 4 heteroatoms. The number of carbonyl (C=O) groups is 1. The van der Waals surface area contributed by atoms with Gasteiger partial charge in [0.1, 0.15) is 5.75 Å².